The Hall–Kier alpha value is -2.91. The lowest BCUT2D eigenvalue weighted by atomic mass is 10.0. The van der Waals surface area contributed by atoms with E-state index >= 15 is 0 Å². The first-order valence-electron chi connectivity index (χ1n) is 10.1. The lowest BCUT2D eigenvalue weighted by molar-refractivity contribution is -0.114. The van der Waals surface area contributed by atoms with Gasteiger partial charge < -0.3 is 20.1 Å². The highest BCUT2D eigenvalue weighted by atomic mass is 32.2. The number of piperidine rings is 1. The van der Waals surface area contributed by atoms with Crippen molar-refractivity contribution in [1.82, 2.24) is 10.3 Å². The summed E-state index contributed by atoms with van der Waals surface area (Å²) >= 11 is 1.51. The number of nitrogens with zero attached hydrogens (tertiary/aromatic N) is 3. The van der Waals surface area contributed by atoms with Gasteiger partial charge in [0.05, 0.1) is 24.7 Å². The number of carbonyl (C=O) groups is 1. The van der Waals surface area contributed by atoms with Crippen LogP contribution in [0, 0.1) is 0 Å². The van der Waals surface area contributed by atoms with Gasteiger partial charge in [-0.1, -0.05) is 11.8 Å². The number of methoxy groups -OCH3 is 1. The molecule has 4 rings (SSSR count). The first kappa shape index (κ1) is 21.3. The Morgan fingerprint density at radius 2 is 1.94 bits per heavy atom. The standard InChI is InChI=1S/C22H25N5O3S/c1-15(28)25-17-5-8-19(24-13-17)30-14-31-21-20(16-3-6-18(29-2)7-4-16)26-22(27-21)9-11-23-12-10-22/h3-8,13,23H,9-12,14H2,1-2H3,(H,25,28). The van der Waals surface area contributed by atoms with Crippen molar-refractivity contribution in [3.63, 3.8) is 0 Å². The molecule has 9 heteroatoms. The van der Waals surface area contributed by atoms with Crippen LogP contribution in [0.5, 0.6) is 11.6 Å². The molecule has 0 aliphatic carbocycles. The van der Waals surface area contributed by atoms with Gasteiger partial charge in [-0.25, -0.2) is 9.98 Å². The Bertz CT molecular complexity index is 983. The molecular weight excluding hydrogens is 414 g/mol. The number of benzene rings is 1. The topological polar surface area (TPSA) is 97.2 Å². The van der Waals surface area contributed by atoms with Crippen molar-refractivity contribution in [2.75, 3.05) is 31.5 Å². The van der Waals surface area contributed by atoms with Crippen molar-refractivity contribution in [2.45, 2.75) is 25.4 Å². The maximum absolute atomic E-state index is 11.1. The third-order valence-corrected chi connectivity index (χ3v) is 5.85. The van der Waals surface area contributed by atoms with E-state index in [1.165, 1.54) is 18.7 Å². The van der Waals surface area contributed by atoms with Crippen LogP contribution < -0.4 is 20.1 Å². The van der Waals surface area contributed by atoms with Gasteiger partial charge in [-0.15, -0.1) is 0 Å². The van der Waals surface area contributed by atoms with E-state index in [0.717, 1.165) is 48.0 Å². The molecular formula is C22H25N5O3S. The fourth-order valence-electron chi connectivity index (χ4n) is 3.50. The van der Waals surface area contributed by atoms with Crippen LogP contribution in [0.3, 0.4) is 0 Å². The lowest BCUT2D eigenvalue weighted by Gasteiger charge is -2.27. The Morgan fingerprint density at radius 1 is 1.16 bits per heavy atom. The number of carbonyl (C=O) groups excluding carboxylic acids is 1. The molecule has 1 amide bonds. The zero-order chi connectivity index (χ0) is 21.7. The zero-order valence-corrected chi connectivity index (χ0v) is 18.4. The van der Waals surface area contributed by atoms with Gasteiger partial charge >= 0.3 is 0 Å². The van der Waals surface area contributed by atoms with Crippen LogP contribution in [-0.4, -0.2) is 53.4 Å². The van der Waals surface area contributed by atoms with Crippen molar-refractivity contribution in [3.05, 3.63) is 48.2 Å². The molecule has 31 heavy (non-hydrogen) atoms. The summed E-state index contributed by atoms with van der Waals surface area (Å²) in [5.41, 5.74) is 2.16. The van der Waals surface area contributed by atoms with Gasteiger partial charge in [0.1, 0.15) is 16.7 Å². The first-order chi connectivity index (χ1) is 15.1. The van der Waals surface area contributed by atoms with Gasteiger partial charge in [-0.3, -0.25) is 9.79 Å². The fourth-order valence-corrected chi connectivity index (χ4v) is 4.33. The second-order valence-corrected chi connectivity index (χ2v) is 8.22. The van der Waals surface area contributed by atoms with E-state index in [0.29, 0.717) is 17.5 Å². The largest absolute Gasteiger partial charge is 0.497 e. The average Bonchev–Trinajstić information content (AvgIpc) is 3.12. The van der Waals surface area contributed by atoms with Crippen LogP contribution in [0.15, 0.2) is 52.6 Å². The van der Waals surface area contributed by atoms with Gasteiger partial charge in [0.25, 0.3) is 0 Å². The molecule has 3 heterocycles. The van der Waals surface area contributed by atoms with Gasteiger partial charge in [-0.2, -0.15) is 0 Å². The number of thioether (sulfide) groups is 1. The second kappa shape index (κ2) is 9.49. The fraction of sp³-hybridized carbons (Fsp3) is 0.364. The molecule has 2 aliphatic rings. The van der Waals surface area contributed by atoms with Crippen molar-refractivity contribution in [2.24, 2.45) is 9.98 Å². The predicted molar refractivity (Wildman–Crippen MR) is 123 cm³/mol. The van der Waals surface area contributed by atoms with E-state index in [4.69, 9.17) is 19.5 Å². The number of hydrogen-bond donors (Lipinski definition) is 2. The van der Waals surface area contributed by atoms with E-state index < -0.39 is 0 Å². The molecule has 0 saturated carbocycles. The highest BCUT2D eigenvalue weighted by Gasteiger charge is 2.37. The Morgan fingerprint density at radius 3 is 2.58 bits per heavy atom. The number of hydrogen-bond acceptors (Lipinski definition) is 8. The quantitative estimate of drug-likeness (QED) is 0.672. The molecule has 1 fully saturated rings. The predicted octanol–water partition coefficient (Wildman–Crippen LogP) is 3.10. The smallest absolute Gasteiger partial charge is 0.221 e. The van der Waals surface area contributed by atoms with Crippen LogP contribution in [0.1, 0.15) is 25.3 Å². The van der Waals surface area contributed by atoms with Crippen LogP contribution >= 0.6 is 11.8 Å². The molecule has 1 aromatic carbocycles. The summed E-state index contributed by atoms with van der Waals surface area (Å²) in [6, 6.07) is 11.4. The van der Waals surface area contributed by atoms with Gasteiger partial charge in [0, 0.05) is 31.4 Å². The molecule has 0 atom stereocenters. The normalized spacial score (nSPS) is 17.1. The summed E-state index contributed by atoms with van der Waals surface area (Å²) in [4.78, 5) is 25.4. The third kappa shape index (κ3) is 5.23. The molecule has 0 bridgehead atoms. The van der Waals surface area contributed by atoms with E-state index in [1.807, 2.05) is 24.3 Å². The zero-order valence-electron chi connectivity index (χ0n) is 17.6. The molecule has 1 aromatic heterocycles. The van der Waals surface area contributed by atoms with Crippen molar-refractivity contribution in [3.8, 4) is 11.6 Å². The first-order valence-corrected chi connectivity index (χ1v) is 11.1. The average molecular weight is 440 g/mol. The maximum Gasteiger partial charge on any atom is 0.221 e. The minimum Gasteiger partial charge on any atom is -0.497 e. The lowest BCUT2D eigenvalue weighted by Crippen LogP contribution is -2.38. The SMILES string of the molecule is COc1ccc(C2=NC3(CCNCC3)N=C2SCOc2ccc(NC(C)=O)cn2)cc1. The molecule has 0 radical (unpaired) electrons. The van der Waals surface area contributed by atoms with E-state index in [2.05, 4.69) is 15.6 Å². The molecule has 1 spiro atoms. The molecule has 2 aromatic rings. The number of anilines is 1. The summed E-state index contributed by atoms with van der Waals surface area (Å²) in [5, 5.41) is 6.94. The maximum atomic E-state index is 11.1. The number of aliphatic imine (C=N–C) groups is 2. The molecule has 0 unspecified atom stereocenters. The molecule has 8 nitrogen and oxygen atoms in total. The van der Waals surface area contributed by atoms with Crippen molar-refractivity contribution < 1.29 is 14.3 Å². The van der Waals surface area contributed by atoms with E-state index in [-0.39, 0.29) is 11.6 Å². The molecule has 1 saturated heterocycles. The molecule has 2 N–H and O–H groups in total. The number of amides is 1. The van der Waals surface area contributed by atoms with Gasteiger partial charge in [-0.05, 0) is 43.4 Å². The van der Waals surface area contributed by atoms with E-state index in [1.54, 1.807) is 25.4 Å². The highest BCUT2D eigenvalue weighted by molar-refractivity contribution is 8.15. The molecule has 2 aliphatic heterocycles. The van der Waals surface area contributed by atoms with E-state index in [9.17, 15) is 4.79 Å². The van der Waals surface area contributed by atoms with Gasteiger partial charge in [0.2, 0.25) is 11.8 Å². The van der Waals surface area contributed by atoms with Crippen molar-refractivity contribution >= 4 is 34.1 Å². The summed E-state index contributed by atoms with van der Waals surface area (Å²) in [7, 11) is 1.66. The van der Waals surface area contributed by atoms with Crippen LogP contribution in [0.25, 0.3) is 0 Å². The van der Waals surface area contributed by atoms with Crippen LogP contribution in [0.4, 0.5) is 5.69 Å². The Balaban J connectivity index is 1.46. The Kier molecular flexibility index (Phi) is 6.53. The Labute approximate surface area is 185 Å². The summed E-state index contributed by atoms with van der Waals surface area (Å²) in [5.74, 6) is 1.51. The van der Waals surface area contributed by atoms with Gasteiger partial charge in [0.15, 0.2) is 5.66 Å². The highest BCUT2D eigenvalue weighted by Crippen LogP contribution is 2.34. The summed E-state index contributed by atoms with van der Waals surface area (Å²) in [6.45, 7) is 3.27. The number of aromatic nitrogens is 1. The second-order valence-electron chi connectivity index (χ2n) is 7.31. The minimum atomic E-state index is -0.388. The number of nitrogens with one attached hydrogen (secondary N) is 2. The molecule has 162 valence electrons. The van der Waals surface area contributed by atoms with Crippen LogP contribution in [-0.2, 0) is 4.79 Å². The summed E-state index contributed by atoms with van der Waals surface area (Å²) in [6.07, 6.45) is 3.33. The number of pyridine rings is 1. The number of ether oxygens (including phenoxy) is 2. The monoisotopic (exact) mass is 439 g/mol. The minimum absolute atomic E-state index is 0.137. The third-order valence-electron chi connectivity index (χ3n) is 5.06. The number of rotatable bonds is 6. The van der Waals surface area contributed by atoms with Crippen LogP contribution in [0.2, 0.25) is 0 Å². The summed E-state index contributed by atoms with van der Waals surface area (Å²) < 4.78 is 11.1. The van der Waals surface area contributed by atoms with Crippen molar-refractivity contribution in [1.29, 1.82) is 0 Å².